The molecular weight excluding hydrogens is 807 g/mol. The van der Waals surface area contributed by atoms with E-state index in [4.69, 9.17) is 14.8 Å². The maximum atomic E-state index is 14.2. The van der Waals surface area contributed by atoms with E-state index in [1.54, 1.807) is 24.4 Å². The number of alkyl halides is 3. The van der Waals surface area contributed by atoms with Crippen molar-refractivity contribution in [3.05, 3.63) is 113 Å². The number of amides is 2. The molecule has 16 heteroatoms. The summed E-state index contributed by atoms with van der Waals surface area (Å²) in [5, 5.41) is 17.0. The van der Waals surface area contributed by atoms with Gasteiger partial charge >= 0.3 is 12.3 Å². The zero-order valence-electron chi connectivity index (χ0n) is 34.8. The van der Waals surface area contributed by atoms with Gasteiger partial charge in [-0.1, -0.05) is 48.2 Å². The fourth-order valence-corrected chi connectivity index (χ4v) is 8.21. The summed E-state index contributed by atoms with van der Waals surface area (Å²) in [6.45, 7) is 5.60. The number of rotatable bonds is 14. The highest BCUT2D eigenvalue weighted by molar-refractivity contribution is 5.87. The van der Waals surface area contributed by atoms with Crippen molar-refractivity contribution in [3.8, 4) is 23.1 Å². The van der Waals surface area contributed by atoms with Gasteiger partial charge in [0, 0.05) is 61.0 Å². The molecule has 2 unspecified atom stereocenters. The first-order valence-electron chi connectivity index (χ1n) is 20.7. The summed E-state index contributed by atoms with van der Waals surface area (Å²) in [7, 11) is 0.992. The number of pyridine rings is 2. The van der Waals surface area contributed by atoms with E-state index < -0.39 is 47.6 Å². The largest absolute Gasteiger partial charge is 0.453 e. The van der Waals surface area contributed by atoms with Crippen LogP contribution in [0.4, 0.5) is 28.2 Å². The minimum atomic E-state index is -4.87. The molecule has 2 aromatic carbocycles. The number of benzene rings is 2. The monoisotopic (exact) mass is 858 g/mol. The minimum Gasteiger partial charge on any atom is -0.453 e. The topological polar surface area (TPSA) is 144 Å². The van der Waals surface area contributed by atoms with Crippen LogP contribution in [0.25, 0.3) is 11.3 Å². The summed E-state index contributed by atoms with van der Waals surface area (Å²) in [4.78, 5) is 39.7. The molecule has 12 nitrogen and oxygen atoms in total. The van der Waals surface area contributed by atoms with E-state index in [0.29, 0.717) is 41.5 Å². The lowest BCUT2D eigenvalue weighted by molar-refractivity contribution is -0.220. The van der Waals surface area contributed by atoms with E-state index in [2.05, 4.69) is 47.3 Å². The van der Waals surface area contributed by atoms with Gasteiger partial charge in [-0.3, -0.25) is 14.7 Å². The molecule has 5 N–H and O–H groups in total. The van der Waals surface area contributed by atoms with E-state index in [-0.39, 0.29) is 13.0 Å². The third-order valence-corrected chi connectivity index (χ3v) is 12.1. The van der Waals surface area contributed by atoms with Gasteiger partial charge in [0.1, 0.15) is 23.7 Å². The third kappa shape index (κ3) is 10.5. The van der Waals surface area contributed by atoms with Gasteiger partial charge in [-0.15, -0.1) is 0 Å². The zero-order chi connectivity index (χ0) is 44.0. The van der Waals surface area contributed by atoms with E-state index in [0.717, 1.165) is 76.0 Å². The highest BCUT2D eigenvalue weighted by Gasteiger charge is 2.56. The standard InChI is InChI=1S/C46H51F4N7O5/c1-45(2,46(48,49)50)42(55-44(60)61-3)43(59)54-39(40(58)24-51-21-31-10-13-33(14-11-31)38-18-15-34(47)23-52-38)20-30-7-4-29(5-8-30)6-9-32-12-19-41(53-22-32)56-25-35-16-17-36(26-56)57(35)37-27-62-28-37/h4-5,7-8,10-15,18-19,22-23,35-37,39-40,42,51,58H,16-17,20-21,24-28H2,1-3H3,(H,54,59)(H,55,60)/p+1/t35?,36?,39-,40-,42+/m0/s1. The zero-order valence-corrected chi connectivity index (χ0v) is 34.8. The number of carbonyl (C=O) groups is 2. The van der Waals surface area contributed by atoms with E-state index in [9.17, 15) is 27.2 Å². The van der Waals surface area contributed by atoms with Crippen LogP contribution in [-0.2, 0) is 27.2 Å². The molecule has 3 saturated heterocycles. The van der Waals surface area contributed by atoms with Gasteiger partial charge in [0.15, 0.2) is 6.10 Å². The van der Waals surface area contributed by atoms with E-state index in [1.807, 2.05) is 48.5 Å². The van der Waals surface area contributed by atoms with Crippen molar-refractivity contribution in [1.29, 1.82) is 0 Å². The lowest BCUT2D eigenvalue weighted by Gasteiger charge is -2.47. The number of halogens is 4. The Labute approximate surface area is 358 Å². The predicted molar refractivity (Wildman–Crippen MR) is 226 cm³/mol. The van der Waals surface area contributed by atoms with E-state index >= 15 is 0 Å². The highest BCUT2D eigenvalue weighted by Crippen LogP contribution is 2.41. The predicted octanol–water partition coefficient (Wildman–Crippen LogP) is 4.96. The second kappa shape index (κ2) is 19.2. The Hall–Kier alpha value is -5.60. The fraction of sp³-hybridized carbons (Fsp3) is 0.435. The fourth-order valence-electron chi connectivity index (χ4n) is 8.21. The van der Waals surface area contributed by atoms with Crippen LogP contribution < -0.4 is 20.9 Å². The summed E-state index contributed by atoms with van der Waals surface area (Å²) in [6.07, 6.45) is -1.68. The van der Waals surface area contributed by atoms with Gasteiger partial charge in [0.05, 0.1) is 50.2 Å². The molecule has 2 amide bonds. The SMILES string of the molecule is COC(=O)N[C@H](C(=O)N[C@@H](Cc1ccc(C#Cc2ccc(N3CC4CCC(C3)N4C3COC3)nc2)cc1)[C@@H]([OH2+])CNCc1ccc(-c2ccc(F)cn2)cc1)C(C)(C)C(F)(F)F. The normalized spacial score (nSPS) is 19.4. The lowest BCUT2D eigenvalue weighted by Crippen LogP contribution is -2.62. The summed E-state index contributed by atoms with van der Waals surface area (Å²) in [5.74, 6) is 5.73. The first-order chi connectivity index (χ1) is 29.7. The number of fused-ring (bicyclic) bond motifs is 2. The maximum absolute atomic E-state index is 14.2. The number of anilines is 1. The molecule has 0 saturated carbocycles. The number of piperazine rings is 1. The van der Waals surface area contributed by atoms with Gasteiger partial charge in [0.25, 0.3) is 0 Å². The number of ether oxygens (including phenoxy) is 2. The molecule has 3 aliphatic heterocycles. The molecule has 0 radical (unpaired) electrons. The third-order valence-electron chi connectivity index (χ3n) is 12.1. The molecule has 5 atom stereocenters. The Morgan fingerprint density at radius 2 is 1.53 bits per heavy atom. The lowest BCUT2D eigenvalue weighted by atomic mass is 9.82. The van der Waals surface area contributed by atoms with Crippen LogP contribution in [0.1, 0.15) is 48.9 Å². The molecule has 0 aliphatic carbocycles. The van der Waals surface area contributed by atoms with Crippen LogP contribution in [0, 0.1) is 23.1 Å². The highest BCUT2D eigenvalue weighted by atomic mass is 19.4. The van der Waals surface area contributed by atoms with Crippen LogP contribution in [0.3, 0.4) is 0 Å². The smallest absolute Gasteiger partial charge is 0.407 e. The summed E-state index contributed by atoms with van der Waals surface area (Å²) >= 11 is 0. The number of hydrogen-bond donors (Lipinski definition) is 3. The first-order valence-corrected chi connectivity index (χ1v) is 20.7. The Bertz CT molecular complexity index is 2200. The number of methoxy groups -OCH3 is 1. The number of nitrogens with one attached hydrogen (secondary N) is 3. The maximum Gasteiger partial charge on any atom is 0.407 e. The summed E-state index contributed by atoms with van der Waals surface area (Å²) < 4.78 is 66.0. The van der Waals surface area contributed by atoms with Crippen molar-refractivity contribution in [2.75, 3.05) is 44.9 Å². The second-order valence-electron chi connectivity index (χ2n) is 16.7. The molecule has 3 aliphatic rings. The number of aromatic nitrogens is 2. The van der Waals surface area contributed by atoms with E-state index in [1.165, 1.54) is 18.9 Å². The minimum absolute atomic E-state index is 0.0631. The molecule has 328 valence electrons. The molecular formula is C46H52F4N7O5+. The summed E-state index contributed by atoms with van der Waals surface area (Å²) in [6, 6.07) is 20.1. The number of hydrogen-bond acceptors (Lipinski definition) is 9. The Morgan fingerprint density at radius 1 is 0.871 bits per heavy atom. The number of alkyl carbamates (subject to hydrolysis) is 1. The molecule has 4 aromatic rings. The van der Waals surface area contributed by atoms with Gasteiger partial charge < -0.3 is 35.4 Å². The first kappa shape index (κ1) is 44.5. The molecule has 7 rings (SSSR count). The van der Waals surface area contributed by atoms with Crippen LogP contribution in [0.2, 0.25) is 0 Å². The Morgan fingerprint density at radius 3 is 2.11 bits per heavy atom. The van der Waals surface area contributed by atoms with Crippen molar-refractivity contribution in [2.24, 2.45) is 5.41 Å². The van der Waals surface area contributed by atoms with Crippen molar-refractivity contribution in [1.82, 2.24) is 30.8 Å². The van der Waals surface area contributed by atoms with Gasteiger partial charge in [-0.2, -0.15) is 13.2 Å². The molecule has 62 heavy (non-hydrogen) atoms. The van der Waals surface area contributed by atoms with Crippen molar-refractivity contribution in [3.63, 3.8) is 0 Å². The van der Waals surface area contributed by atoms with Crippen molar-refractivity contribution >= 4 is 17.8 Å². The number of carbonyl (C=O) groups excluding carboxylic acids is 2. The van der Waals surface area contributed by atoms with Crippen molar-refractivity contribution < 1.29 is 41.7 Å². The average Bonchev–Trinajstić information content (AvgIpc) is 3.47. The van der Waals surface area contributed by atoms with Gasteiger partial charge in [0.2, 0.25) is 5.91 Å². The van der Waals surface area contributed by atoms with Gasteiger partial charge in [-0.05, 0) is 74.2 Å². The molecule has 2 aromatic heterocycles. The number of nitrogens with zero attached hydrogens (tertiary/aromatic N) is 4. The van der Waals surface area contributed by atoms with Crippen LogP contribution in [-0.4, -0.2) is 114 Å². The van der Waals surface area contributed by atoms with Crippen LogP contribution in [0.5, 0.6) is 0 Å². The second-order valence-corrected chi connectivity index (χ2v) is 16.7. The molecule has 5 heterocycles. The molecule has 3 fully saturated rings. The molecule has 0 spiro atoms. The van der Waals surface area contributed by atoms with Gasteiger partial charge in [-0.25, -0.2) is 14.2 Å². The van der Waals surface area contributed by atoms with Crippen molar-refractivity contribution in [2.45, 2.75) is 82.1 Å². The van der Waals surface area contributed by atoms with Crippen LogP contribution >= 0.6 is 0 Å². The Kier molecular flexibility index (Phi) is 13.8. The Balaban J connectivity index is 1.00. The quantitative estimate of drug-likeness (QED) is 0.0912. The molecule has 2 bridgehead atoms. The van der Waals surface area contributed by atoms with Crippen LogP contribution in [0.15, 0.2) is 85.2 Å². The summed E-state index contributed by atoms with van der Waals surface area (Å²) in [5.41, 5.74) is 1.78. The average molecular weight is 859 g/mol.